The second kappa shape index (κ2) is 5.85. The standard InChI is InChI=1S/C14H16Cl2N4/c1-7-5-11(16)12(6-10(7)15)20-14-8(2)13(17-4)18-9(3)19-14/h5-6H,1-4H3,(H2,17,18,19,20). The van der Waals surface area contributed by atoms with Gasteiger partial charge in [0.25, 0.3) is 0 Å². The maximum absolute atomic E-state index is 6.24. The number of hydrogen-bond acceptors (Lipinski definition) is 4. The molecule has 0 saturated heterocycles. The summed E-state index contributed by atoms with van der Waals surface area (Å²) in [6.45, 7) is 5.70. The molecule has 0 fully saturated rings. The lowest BCUT2D eigenvalue weighted by atomic mass is 10.2. The number of nitrogens with zero attached hydrogens (tertiary/aromatic N) is 2. The Morgan fingerprint density at radius 3 is 2.25 bits per heavy atom. The van der Waals surface area contributed by atoms with Crippen LogP contribution in [-0.4, -0.2) is 17.0 Å². The highest BCUT2D eigenvalue weighted by molar-refractivity contribution is 6.35. The van der Waals surface area contributed by atoms with E-state index < -0.39 is 0 Å². The maximum Gasteiger partial charge on any atom is 0.139 e. The van der Waals surface area contributed by atoms with Gasteiger partial charge in [0.1, 0.15) is 17.5 Å². The van der Waals surface area contributed by atoms with Gasteiger partial charge in [0.05, 0.1) is 10.7 Å². The monoisotopic (exact) mass is 310 g/mol. The van der Waals surface area contributed by atoms with Crippen molar-refractivity contribution in [1.82, 2.24) is 9.97 Å². The fourth-order valence-electron chi connectivity index (χ4n) is 1.86. The molecule has 0 spiro atoms. The normalized spacial score (nSPS) is 10.5. The van der Waals surface area contributed by atoms with Gasteiger partial charge in [-0.2, -0.15) is 0 Å². The number of aromatic nitrogens is 2. The topological polar surface area (TPSA) is 49.8 Å². The summed E-state index contributed by atoms with van der Waals surface area (Å²) in [5.74, 6) is 2.18. The predicted molar refractivity (Wildman–Crippen MR) is 85.5 cm³/mol. The molecule has 0 aliphatic heterocycles. The van der Waals surface area contributed by atoms with E-state index in [4.69, 9.17) is 23.2 Å². The van der Waals surface area contributed by atoms with E-state index in [1.165, 1.54) is 0 Å². The van der Waals surface area contributed by atoms with Crippen molar-refractivity contribution < 1.29 is 0 Å². The van der Waals surface area contributed by atoms with Crippen molar-refractivity contribution in [3.8, 4) is 0 Å². The van der Waals surface area contributed by atoms with Crippen molar-refractivity contribution in [1.29, 1.82) is 0 Å². The lowest BCUT2D eigenvalue weighted by molar-refractivity contribution is 1.04. The molecule has 2 N–H and O–H groups in total. The second-order valence-corrected chi connectivity index (χ2v) is 5.36. The summed E-state index contributed by atoms with van der Waals surface area (Å²) in [6, 6.07) is 3.63. The molecule has 0 bridgehead atoms. The van der Waals surface area contributed by atoms with Gasteiger partial charge in [-0.05, 0) is 38.5 Å². The molecule has 6 heteroatoms. The molecule has 4 nitrogen and oxygen atoms in total. The molecular weight excluding hydrogens is 295 g/mol. The molecule has 0 radical (unpaired) electrons. The van der Waals surface area contributed by atoms with Crippen LogP contribution in [0.2, 0.25) is 10.0 Å². The first-order valence-corrected chi connectivity index (χ1v) is 6.93. The Morgan fingerprint density at radius 1 is 0.950 bits per heavy atom. The van der Waals surface area contributed by atoms with Gasteiger partial charge in [0, 0.05) is 17.6 Å². The van der Waals surface area contributed by atoms with Gasteiger partial charge >= 0.3 is 0 Å². The average molecular weight is 311 g/mol. The van der Waals surface area contributed by atoms with Crippen molar-refractivity contribution in [3.63, 3.8) is 0 Å². The third-order valence-electron chi connectivity index (χ3n) is 3.00. The predicted octanol–water partition coefficient (Wildman–Crippen LogP) is 4.49. The van der Waals surface area contributed by atoms with Gasteiger partial charge in [-0.1, -0.05) is 23.2 Å². The largest absolute Gasteiger partial charge is 0.373 e. The highest BCUT2D eigenvalue weighted by Gasteiger charge is 2.11. The number of aryl methyl sites for hydroxylation is 2. The number of benzene rings is 1. The third-order valence-corrected chi connectivity index (χ3v) is 3.72. The molecule has 0 saturated carbocycles. The van der Waals surface area contributed by atoms with Crippen LogP contribution in [0.4, 0.5) is 17.3 Å². The minimum atomic E-state index is 0.605. The molecule has 1 aromatic heterocycles. The van der Waals surface area contributed by atoms with Gasteiger partial charge < -0.3 is 10.6 Å². The smallest absolute Gasteiger partial charge is 0.139 e. The molecular formula is C14H16Cl2N4. The molecule has 2 aromatic rings. The van der Waals surface area contributed by atoms with E-state index in [1.54, 1.807) is 6.07 Å². The SMILES string of the molecule is CNc1nc(C)nc(Nc2cc(Cl)c(C)cc2Cl)c1C. The summed E-state index contributed by atoms with van der Waals surface area (Å²) in [7, 11) is 1.83. The van der Waals surface area contributed by atoms with Crippen molar-refractivity contribution in [2.45, 2.75) is 20.8 Å². The summed E-state index contributed by atoms with van der Waals surface area (Å²) in [5.41, 5.74) is 2.59. The van der Waals surface area contributed by atoms with Crippen LogP contribution in [-0.2, 0) is 0 Å². The minimum absolute atomic E-state index is 0.605. The highest BCUT2D eigenvalue weighted by atomic mass is 35.5. The quantitative estimate of drug-likeness (QED) is 0.876. The Balaban J connectivity index is 2.45. The zero-order valence-corrected chi connectivity index (χ0v) is 13.3. The van der Waals surface area contributed by atoms with Crippen LogP contribution in [0.15, 0.2) is 12.1 Å². The van der Waals surface area contributed by atoms with E-state index in [2.05, 4.69) is 20.6 Å². The summed E-state index contributed by atoms with van der Waals surface area (Å²) < 4.78 is 0. The summed E-state index contributed by atoms with van der Waals surface area (Å²) in [5, 5.41) is 7.53. The lowest BCUT2D eigenvalue weighted by Gasteiger charge is -2.14. The highest BCUT2D eigenvalue weighted by Crippen LogP contribution is 2.32. The fourth-order valence-corrected chi connectivity index (χ4v) is 2.29. The zero-order valence-electron chi connectivity index (χ0n) is 11.8. The van der Waals surface area contributed by atoms with Crippen LogP contribution < -0.4 is 10.6 Å². The number of anilines is 3. The van der Waals surface area contributed by atoms with Gasteiger partial charge in [-0.3, -0.25) is 0 Å². The fraction of sp³-hybridized carbons (Fsp3) is 0.286. The molecule has 1 heterocycles. The van der Waals surface area contributed by atoms with Gasteiger partial charge in [-0.25, -0.2) is 9.97 Å². The van der Waals surface area contributed by atoms with E-state index in [1.807, 2.05) is 33.9 Å². The van der Waals surface area contributed by atoms with Crippen molar-refractivity contribution in [3.05, 3.63) is 39.1 Å². The van der Waals surface area contributed by atoms with Crippen LogP contribution in [0.1, 0.15) is 17.0 Å². The number of rotatable bonds is 3. The molecule has 0 unspecified atom stereocenters. The average Bonchev–Trinajstić information content (AvgIpc) is 2.39. The summed E-state index contributed by atoms with van der Waals surface area (Å²) in [4.78, 5) is 8.73. The van der Waals surface area contributed by atoms with Crippen LogP contribution >= 0.6 is 23.2 Å². The third kappa shape index (κ3) is 2.97. The number of nitrogens with one attached hydrogen (secondary N) is 2. The van der Waals surface area contributed by atoms with Gasteiger partial charge in [0.15, 0.2) is 0 Å². The molecule has 0 atom stereocenters. The Bertz CT molecular complexity index is 656. The van der Waals surface area contributed by atoms with Crippen LogP contribution in [0.3, 0.4) is 0 Å². The first-order valence-electron chi connectivity index (χ1n) is 6.18. The van der Waals surface area contributed by atoms with Crippen molar-refractivity contribution >= 4 is 40.5 Å². The first kappa shape index (κ1) is 14.9. The molecule has 1 aromatic carbocycles. The first-order chi connectivity index (χ1) is 9.42. The van der Waals surface area contributed by atoms with Crippen molar-refractivity contribution in [2.24, 2.45) is 0 Å². The van der Waals surface area contributed by atoms with Gasteiger partial charge in [-0.15, -0.1) is 0 Å². The summed E-state index contributed by atoms with van der Waals surface area (Å²) in [6.07, 6.45) is 0. The zero-order chi connectivity index (χ0) is 14.9. The maximum atomic E-state index is 6.24. The number of hydrogen-bond donors (Lipinski definition) is 2. The van der Waals surface area contributed by atoms with E-state index in [0.29, 0.717) is 21.7 Å². The molecule has 20 heavy (non-hydrogen) atoms. The number of halogens is 2. The Morgan fingerprint density at radius 2 is 1.60 bits per heavy atom. The molecule has 0 aliphatic rings. The Labute approximate surface area is 128 Å². The van der Waals surface area contributed by atoms with Crippen LogP contribution in [0.5, 0.6) is 0 Å². The minimum Gasteiger partial charge on any atom is -0.373 e. The molecule has 0 aliphatic carbocycles. The van der Waals surface area contributed by atoms with Gasteiger partial charge in [0.2, 0.25) is 0 Å². The molecule has 0 amide bonds. The second-order valence-electron chi connectivity index (χ2n) is 4.55. The van der Waals surface area contributed by atoms with E-state index in [9.17, 15) is 0 Å². The lowest BCUT2D eigenvalue weighted by Crippen LogP contribution is -2.05. The Kier molecular flexibility index (Phi) is 4.35. The Hall–Kier alpha value is -1.52. The van der Waals surface area contributed by atoms with E-state index in [-0.39, 0.29) is 0 Å². The van der Waals surface area contributed by atoms with Crippen LogP contribution in [0, 0.1) is 20.8 Å². The van der Waals surface area contributed by atoms with E-state index in [0.717, 1.165) is 22.6 Å². The van der Waals surface area contributed by atoms with Crippen LogP contribution in [0.25, 0.3) is 0 Å². The molecule has 106 valence electrons. The summed E-state index contributed by atoms with van der Waals surface area (Å²) >= 11 is 12.4. The van der Waals surface area contributed by atoms with Crippen molar-refractivity contribution in [2.75, 3.05) is 17.7 Å². The van der Waals surface area contributed by atoms with E-state index >= 15 is 0 Å². The molecule has 2 rings (SSSR count).